The molecule has 3 rings (SSSR count). The SMILES string of the molecule is Cc1c(C)c2c(c(C)c1O)CCC(C)(C#Cc1ccccc1N)O2. The number of ether oxygens (including phenoxy) is 1. The van der Waals surface area contributed by atoms with Crippen LogP contribution in [0.15, 0.2) is 24.3 Å². The van der Waals surface area contributed by atoms with Crippen LogP contribution < -0.4 is 10.5 Å². The summed E-state index contributed by atoms with van der Waals surface area (Å²) in [6.07, 6.45) is 1.62. The van der Waals surface area contributed by atoms with E-state index in [1.54, 1.807) is 0 Å². The zero-order valence-corrected chi connectivity index (χ0v) is 14.7. The molecule has 0 radical (unpaired) electrons. The van der Waals surface area contributed by atoms with E-state index in [0.29, 0.717) is 11.4 Å². The first-order valence-electron chi connectivity index (χ1n) is 8.20. The van der Waals surface area contributed by atoms with Gasteiger partial charge >= 0.3 is 0 Å². The van der Waals surface area contributed by atoms with Crippen molar-refractivity contribution < 1.29 is 9.84 Å². The van der Waals surface area contributed by atoms with E-state index in [4.69, 9.17) is 10.5 Å². The molecule has 0 amide bonds. The molecular formula is C21H23NO2. The van der Waals surface area contributed by atoms with Gasteiger partial charge in [0.15, 0.2) is 5.60 Å². The summed E-state index contributed by atoms with van der Waals surface area (Å²) >= 11 is 0. The summed E-state index contributed by atoms with van der Waals surface area (Å²) in [4.78, 5) is 0. The summed E-state index contributed by atoms with van der Waals surface area (Å²) in [5.74, 6) is 7.67. The standard InChI is InChI=1S/C21H23NO2/c1-13-14(2)20-17(15(3)19(13)23)10-12-21(4,24-20)11-9-16-7-5-6-8-18(16)22/h5-8,23H,10,12,22H2,1-4H3. The van der Waals surface area contributed by atoms with Crippen molar-refractivity contribution in [3.05, 3.63) is 52.1 Å². The molecule has 0 fully saturated rings. The Hall–Kier alpha value is -2.60. The zero-order valence-electron chi connectivity index (χ0n) is 14.7. The van der Waals surface area contributed by atoms with Gasteiger partial charge in [-0.25, -0.2) is 0 Å². The molecule has 1 aliphatic rings. The summed E-state index contributed by atoms with van der Waals surface area (Å²) in [7, 11) is 0. The van der Waals surface area contributed by atoms with Crippen LogP contribution in [0.2, 0.25) is 0 Å². The number of hydrogen-bond acceptors (Lipinski definition) is 3. The van der Waals surface area contributed by atoms with Crippen LogP contribution in [0.3, 0.4) is 0 Å². The Labute approximate surface area is 143 Å². The molecule has 124 valence electrons. The number of para-hydroxylation sites is 1. The third-order valence-corrected chi connectivity index (χ3v) is 4.94. The molecule has 3 nitrogen and oxygen atoms in total. The zero-order chi connectivity index (χ0) is 17.5. The lowest BCUT2D eigenvalue weighted by molar-refractivity contribution is 0.122. The Morgan fingerprint density at radius 3 is 2.54 bits per heavy atom. The van der Waals surface area contributed by atoms with Gasteiger partial charge in [0.2, 0.25) is 0 Å². The van der Waals surface area contributed by atoms with Gasteiger partial charge in [-0.2, -0.15) is 0 Å². The van der Waals surface area contributed by atoms with Crippen molar-refractivity contribution in [2.45, 2.75) is 46.1 Å². The maximum Gasteiger partial charge on any atom is 0.167 e. The van der Waals surface area contributed by atoms with Gasteiger partial charge in [-0.1, -0.05) is 24.0 Å². The predicted octanol–water partition coefficient (Wildman–Crippen LogP) is 4.04. The molecule has 3 heteroatoms. The average Bonchev–Trinajstić information content (AvgIpc) is 2.57. The smallest absolute Gasteiger partial charge is 0.167 e. The van der Waals surface area contributed by atoms with Crippen LogP contribution >= 0.6 is 0 Å². The lowest BCUT2D eigenvalue weighted by atomic mass is 9.87. The van der Waals surface area contributed by atoms with Gasteiger partial charge in [-0.15, -0.1) is 0 Å². The fourth-order valence-electron chi connectivity index (χ4n) is 3.15. The lowest BCUT2D eigenvalue weighted by Crippen LogP contribution is -2.35. The molecule has 2 aromatic carbocycles. The van der Waals surface area contributed by atoms with Gasteiger partial charge < -0.3 is 15.6 Å². The second kappa shape index (κ2) is 5.79. The Balaban J connectivity index is 2.00. The van der Waals surface area contributed by atoms with Crippen LogP contribution in [0.5, 0.6) is 11.5 Å². The van der Waals surface area contributed by atoms with Gasteiger partial charge in [-0.05, 0) is 62.9 Å². The van der Waals surface area contributed by atoms with E-state index < -0.39 is 5.60 Å². The monoisotopic (exact) mass is 321 g/mol. The van der Waals surface area contributed by atoms with Gasteiger partial charge in [0.05, 0.1) is 0 Å². The minimum atomic E-state index is -0.560. The lowest BCUT2D eigenvalue weighted by Gasteiger charge is -2.34. The molecule has 1 unspecified atom stereocenters. The number of nitrogen functional groups attached to an aromatic ring is 1. The van der Waals surface area contributed by atoms with Gasteiger partial charge in [0.25, 0.3) is 0 Å². The van der Waals surface area contributed by atoms with Crippen molar-refractivity contribution in [1.82, 2.24) is 0 Å². The van der Waals surface area contributed by atoms with Crippen LogP contribution in [-0.2, 0) is 6.42 Å². The average molecular weight is 321 g/mol. The van der Waals surface area contributed by atoms with E-state index in [1.165, 1.54) is 0 Å². The summed E-state index contributed by atoms with van der Waals surface area (Å²) in [5, 5.41) is 10.3. The molecule has 0 aromatic heterocycles. The largest absolute Gasteiger partial charge is 0.507 e. The van der Waals surface area contributed by atoms with E-state index in [9.17, 15) is 5.11 Å². The predicted molar refractivity (Wildman–Crippen MR) is 97.4 cm³/mol. The maximum atomic E-state index is 10.3. The highest BCUT2D eigenvalue weighted by atomic mass is 16.5. The fraction of sp³-hybridized carbons (Fsp3) is 0.333. The minimum absolute atomic E-state index is 0.376. The quantitative estimate of drug-likeness (QED) is 0.569. The maximum absolute atomic E-state index is 10.3. The van der Waals surface area contributed by atoms with Crippen molar-refractivity contribution in [2.24, 2.45) is 0 Å². The summed E-state index contributed by atoms with van der Waals surface area (Å²) in [6, 6.07) is 7.60. The first-order chi connectivity index (χ1) is 11.3. The topological polar surface area (TPSA) is 55.5 Å². The number of rotatable bonds is 0. The Morgan fingerprint density at radius 2 is 1.83 bits per heavy atom. The third kappa shape index (κ3) is 2.69. The van der Waals surface area contributed by atoms with Gasteiger partial charge in [-0.3, -0.25) is 0 Å². The first-order valence-corrected chi connectivity index (χ1v) is 8.20. The number of aromatic hydroxyl groups is 1. The Bertz CT molecular complexity index is 874. The highest BCUT2D eigenvalue weighted by Gasteiger charge is 2.33. The fourth-order valence-corrected chi connectivity index (χ4v) is 3.15. The molecule has 1 atom stereocenters. The van der Waals surface area contributed by atoms with E-state index in [0.717, 1.165) is 46.4 Å². The number of anilines is 1. The van der Waals surface area contributed by atoms with Crippen LogP contribution in [0.4, 0.5) is 5.69 Å². The number of benzene rings is 2. The number of nitrogens with two attached hydrogens (primary N) is 1. The van der Waals surface area contributed by atoms with Crippen LogP contribution in [-0.4, -0.2) is 10.7 Å². The third-order valence-electron chi connectivity index (χ3n) is 4.94. The highest BCUT2D eigenvalue weighted by Crippen LogP contribution is 2.43. The summed E-state index contributed by atoms with van der Waals surface area (Å²) in [5.41, 5.74) is 10.8. The van der Waals surface area contributed by atoms with Gasteiger partial charge in [0, 0.05) is 23.2 Å². The first kappa shape index (κ1) is 16.3. The second-order valence-corrected chi connectivity index (χ2v) is 6.70. The molecule has 2 aromatic rings. The van der Waals surface area contributed by atoms with Crippen LogP contribution in [0, 0.1) is 32.6 Å². The molecule has 0 spiro atoms. The van der Waals surface area contributed by atoms with E-state index in [-0.39, 0.29) is 0 Å². The van der Waals surface area contributed by atoms with Crippen LogP contribution in [0.25, 0.3) is 0 Å². The molecule has 0 saturated carbocycles. The molecule has 1 aliphatic heterocycles. The molecule has 24 heavy (non-hydrogen) atoms. The molecular weight excluding hydrogens is 298 g/mol. The normalized spacial score (nSPS) is 19.0. The number of fused-ring (bicyclic) bond motifs is 1. The highest BCUT2D eigenvalue weighted by molar-refractivity contribution is 5.59. The minimum Gasteiger partial charge on any atom is -0.507 e. The van der Waals surface area contributed by atoms with Crippen molar-refractivity contribution >= 4 is 5.69 Å². The molecule has 3 N–H and O–H groups in total. The molecule has 0 bridgehead atoms. The molecule has 0 aliphatic carbocycles. The summed E-state index contributed by atoms with van der Waals surface area (Å²) in [6.45, 7) is 7.87. The van der Waals surface area contributed by atoms with E-state index >= 15 is 0 Å². The molecule has 1 heterocycles. The van der Waals surface area contributed by atoms with Crippen molar-refractivity contribution in [2.75, 3.05) is 5.73 Å². The van der Waals surface area contributed by atoms with Crippen molar-refractivity contribution in [3.8, 4) is 23.3 Å². The Morgan fingerprint density at radius 1 is 1.12 bits per heavy atom. The van der Waals surface area contributed by atoms with E-state index in [1.807, 2.05) is 52.0 Å². The Kier molecular flexibility index (Phi) is 3.93. The van der Waals surface area contributed by atoms with Gasteiger partial charge in [0.1, 0.15) is 11.5 Å². The number of hydrogen-bond donors (Lipinski definition) is 2. The summed E-state index contributed by atoms with van der Waals surface area (Å²) < 4.78 is 6.30. The molecule has 0 saturated heterocycles. The van der Waals surface area contributed by atoms with Crippen molar-refractivity contribution in [1.29, 1.82) is 0 Å². The number of phenols is 1. The second-order valence-electron chi connectivity index (χ2n) is 6.70. The van der Waals surface area contributed by atoms with E-state index in [2.05, 4.69) is 11.8 Å². The van der Waals surface area contributed by atoms with Crippen molar-refractivity contribution in [3.63, 3.8) is 0 Å². The number of phenolic OH excluding ortho intramolecular Hbond substituents is 1. The van der Waals surface area contributed by atoms with Crippen LogP contribution in [0.1, 0.15) is 41.2 Å².